The van der Waals surface area contributed by atoms with Crippen molar-refractivity contribution in [1.29, 1.82) is 0 Å². The summed E-state index contributed by atoms with van der Waals surface area (Å²) in [4.78, 5) is 21.4. The first-order valence-corrected chi connectivity index (χ1v) is 8.34. The fourth-order valence-corrected chi connectivity index (χ4v) is 3.33. The summed E-state index contributed by atoms with van der Waals surface area (Å²) in [6, 6.07) is 0. The van der Waals surface area contributed by atoms with E-state index in [9.17, 15) is 4.79 Å². The van der Waals surface area contributed by atoms with E-state index in [2.05, 4.69) is 20.1 Å². The van der Waals surface area contributed by atoms with E-state index in [0.29, 0.717) is 17.2 Å². The van der Waals surface area contributed by atoms with Crippen LogP contribution in [0.1, 0.15) is 35.4 Å². The Bertz CT molecular complexity index is 468. The minimum atomic E-state index is -0.105. The molecule has 0 bridgehead atoms. The Balaban J connectivity index is 1.90. The number of carbonyl (C=O) groups is 1. The van der Waals surface area contributed by atoms with Crippen LogP contribution in [0.25, 0.3) is 0 Å². The largest absolute Gasteiger partial charge is 0.382 e. The van der Waals surface area contributed by atoms with Crippen molar-refractivity contribution in [2.45, 2.75) is 25.7 Å². The van der Waals surface area contributed by atoms with Gasteiger partial charge in [-0.15, -0.1) is 0 Å². The molecular formula is C14H25N5OS. The summed E-state index contributed by atoms with van der Waals surface area (Å²) in [6.07, 6.45) is 4.57. The van der Waals surface area contributed by atoms with Crippen LogP contribution in [-0.2, 0) is 0 Å². The third-order valence-electron chi connectivity index (χ3n) is 3.54. The standard InChI is InChI=1S/C14H25N5OS/c1-18(2)8-6-7-16-13(20)11-12(15)17-14(21-11)19-9-4-3-5-10-19/h3-10,15H2,1-2H3,(H,16,20). The van der Waals surface area contributed by atoms with E-state index < -0.39 is 0 Å². The number of thiazole rings is 1. The van der Waals surface area contributed by atoms with E-state index in [1.807, 2.05) is 14.1 Å². The summed E-state index contributed by atoms with van der Waals surface area (Å²) in [7, 11) is 4.04. The minimum absolute atomic E-state index is 0.105. The molecule has 7 heteroatoms. The van der Waals surface area contributed by atoms with Crippen molar-refractivity contribution >= 4 is 28.2 Å². The quantitative estimate of drug-likeness (QED) is 0.777. The fourth-order valence-electron chi connectivity index (χ4n) is 2.38. The lowest BCUT2D eigenvalue weighted by atomic mass is 10.1. The van der Waals surface area contributed by atoms with Gasteiger partial charge in [0.25, 0.3) is 5.91 Å². The molecule has 118 valence electrons. The van der Waals surface area contributed by atoms with Crippen LogP contribution in [0.5, 0.6) is 0 Å². The van der Waals surface area contributed by atoms with Crippen LogP contribution in [0.15, 0.2) is 0 Å². The summed E-state index contributed by atoms with van der Waals surface area (Å²) >= 11 is 1.41. The maximum Gasteiger partial charge on any atom is 0.265 e. The summed E-state index contributed by atoms with van der Waals surface area (Å²) in [5, 5.41) is 3.80. The molecular weight excluding hydrogens is 286 g/mol. The van der Waals surface area contributed by atoms with Crippen molar-refractivity contribution in [1.82, 2.24) is 15.2 Å². The van der Waals surface area contributed by atoms with Crippen LogP contribution in [0.3, 0.4) is 0 Å². The van der Waals surface area contributed by atoms with Crippen molar-refractivity contribution in [3.05, 3.63) is 4.88 Å². The number of hydrogen-bond donors (Lipinski definition) is 2. The highest BCUT2D eigenvalue weighted by Crippen LogP contribution is 2.29. The Morgan fingerprint density at radius 2 is 2.10 bits per heavy atom. The zero-order chi connectivity index (χ0) is 15.2. The lowest BCUT2D eigenvalue weighted by Gasteiger charge is -2.25. The number of hydrogen-bond acceptors (Lipinski definition) is 6. The normalized spacial score (nSPS) is 15.5. The van der Waals surface area contributed by atoms with Gasteiger partial charge in [0.15, 0.2) is 5.13 Å². The summed E-state index contributed by atoms with van der Waals surface area (Å²) in [5.74, 6) is 0.248. The zero-order valence-corrected chi connectivity index (χ0v) is 13.7. The van der Waals surface area contributed by atoms with Crippen LogP contribution in [-0.4, -0.2) is 56.1 Å². The van der Waals surface area contributed by atoms with Crippen molar-refractivity contribution in [2.75, 3.05) is 50.9 Å². The van der Waals surface area contributed by atoms with Gasteiger partial charge < -0.3 is 20.9 Å². The Labute approximate surface area is 130 Å². The number of rotatable bonds is 6. The number of nitrogens with two attached hydrogens (primary N) is 1. The second kappa shape index (κ2) is 7.61. The van der Waals surface area contributed by atoms with Crippen molar-refractivity contribution in [3.63, 3.8) is 0 Å². The van der Waals surface area contributed by atoms with Gasteiger partial charge in [-0.05, 0) is 46.3 Å². The fraction of sp³-hybridized carbons (Fsp3) is 0.714. The van der Waals surface area contributed by atoms with E-state index in [1.54, 1.807) is 0 Å². The van der Waals surface area contributed by atoms with Crippen LogP contribution in [0, 0.1) is 0 Å². The molecule has 0 saturated carbocycles. The molecule has 1 aliphatic rings. The number of piperidine rings is 1. The molecule has 1 aliphatic heterocycles. The molecule has 1 fully saturated rings. The van der Waals surface area contributed by atoms with E-state index >= 15 is 0 Å². The second-order valence-electron chi connectivity index (χ2n) is 5.67. The molecule has 0 radical (unpaired) electrons. The van der Waals surface area contributed by atoms with Crippen LogP contribution in [0.4, 0.5) is 10.9 Å². The van der Waals surface area contributed by atoms with Gasteiger partial charge in [0.05, 0.1) is 0 Å². The Morgan fingerprint density at radius 1 is 1.38 bits per heavy atom. The molecule has 21 heavy (non-hydrogen) atoms. The second-order valence-corrected chi connectivity index (χ2v) is 6.65. The highest BCUT2D eigenvalue weighted by atomic mass is 32.1. The van der Waals surface area contributed by atoms with E-state index in [-0.39, 0.29) is 5.91 Å². The molecule has 0 aliphatic carbocycles. The van der Waals surface area contributed by atoms with Gasteiger partial charge in [-0.25, -0.2) is 4.98 Å². The number of anilines is 2. The number of carbonyl (C=O) groups excluding carboxylic acids is 1. The van der Waals surface area contributed by atoms with Crippen molar-refractivity contribution in [2.24, 2.45) is 0 Å². The van der Waals surface area contributed by atoms with Gasteiger partial charge in [0, 0.05) is 19.6 Å². The minimum Gasteiger partial charge on any atom is -0.382 e. The highest BCUT2D eigenvalue weighted by molar-refractivity contribution is 7.18. The molecule has 0 aromatic carbocycles. The van der Waals surface area contributed by atoms with Gasteiger partial charge in [-0.3, -0.25) is 4.79 Å². The molecule has 0 atom stereocenters. The lowest BCUT2D eigenvalue weighted by molar-refractivity contribution is 0.0957. The number of nitrogens with zero attached hydrogens (tertiary/aromatic N) is 3. The highest BCUT2D eigenvalue weighted by Gasteiger charge is 2.20. The Kier molecular flexibility index (Phi) is 5.81. The number of nitrogens with one attached hydrogen (secondary N) is 1. The van der Waals surface area contributed by atoms with Crippen molar-refractivity contribution < 1.29 is 4.79 Å². The van der Waals surface area contributed by atoms with E-state index in [0.717, 1.165) is 31.2 Å². The van der Waals surface area contributed by atoms with E-state index in [4.69, 9.17) is 5.73 Å². The summed E-state index contributed by atoms with van der Waals surface area (Å²) < 4.78 is 0. The molecule has 1 amide bonds. The van der Waals surface area contributed by atoms with Gasteiger partial charge in [-0.1, -0.05) is 11.3 Å². The number of aromatic nitrogens is 1. The maximum absolute atomic E-state index is 12.2. The molecule has 0 spiro atoms. The van der Waals surface area contributed by atoms with Gasteiger partial charge in [0.2, 0.25) is 0 Å². The molecule has 1 saturated heterocycles. The van der Waals surface area contributed by atoms with Gasteiger partial charge in [0.1, 0.15) is 10.7 Å². The first-order chi connectivity index (χ1) is 10.1. The van der Waals surface area contributed by atoms with Crippen LogP contribution < -0.4 is 16.0 Å². The summed E-state index contributed by atoms with van der Waals surface area (Å²) in [6.45, 7) is 3.64. The van der Waals surface area contributed by atoms with Crippen molar-refractivity contribution in [3.8, 4) is 0 Å². The molecule has 2 heterocycles. The number of amides is 1. The van der Waals surface area contributed by atoms with Gasteiger partial charge >= 0.3 is 0 Å². The first kappa shape index (κ1) is 16.0. The smallest absolute Gasteiger partial charge is 0.265 e. The SMILES string of the molecule is CN(C)CCCNC(=O)c1sc(N2CCCCC2)nc1N. The lowest BCUT2D eigenvalue weighted by Crippen LogP contribution is -2.29. The molecule has 6 nitrogen and oxygen atoms in total. The third kappa shape index (κ3) is 4.57. The zero-order valence-electron chi connectivity index (χ0n) is 12.9. The molecule has 2 rings (SSSR count). The Morgan fingerprint density at radius 3 is 2.76 bits per heavy atom. The number of nitrogen functional groups attached to an aromatic ring is 1. The predicted molar refractivity (Wildman–Crippen MR) is 88.1 cm³/mol. The first-order valence-electron chi connectivity index (χ1n) is 7.52. The molecule has 1 aromatic rings. The maximum atomic E-state index is 12.2. The average molecular weight is 311 g/mol. The molecule has 0 unspecified atom stereocenters. The molecule has 3 N–H and O–H groups in total. The summed E-state index contributed by atoms with van der Waals surface area (Å²) in [5.41, 5.74) is 5.90. The molecule has 1 aromatic heterocycles. The monoisotopic (exact) mass is 311 g/mol. The third-order valence-corrected chi connectivity index (χ3v) is 4.67. The Hall–Kier alpha value is -1.34. The van der Waals surface area contributed by atoms with Gasteiger partial charge in [-0.2, -0.15) is 0 Å². The topological polar surface area (TPSA) is 74.5 Å². The predicted octanol–water partition coefficient (Wildman–Crippen LogP) is 1.40. The average Bonchev–Trinajstić information content (AvgIpc) is 2.86. The van der Waals surface area contributed by atoms with Crippen LogP contribution >= 0.6 is 11.3 Å². The van der Waals surface area contributed by atoms with E-state index in [1.165, 1.54) is 30.6 Å². The van der Waals surface area contributed by atoms with Crippen LogP contribution in [0.2, 0.25) is 0 Å².